The Morgan fingerprint density at radius 2 is 1.86 bits per heavy atom. The molecule has 7 heteroatoms. The molecule has 0 atom stereocenters. The van der Waals surface area contributed by atoms with E-state index < -0.39 is 11.4 Å². The molecule has 3 rings (SSSR count). The number of nitrogens with zero attached hydrogens (tertiary/aromatic N) is 2. The first-order valence-corrected chi connectivity index (χ1v) is 10.5. The zero-order chi connectivity index (χ0) is 20.8. The van der Waals surface area contributed by atoms with Crippen LogP contribution < -0.4 is 10.7 Å². The molecule has 0 spiro atoms. The minimum Gasteiger partial charge on any atom is -0.452 e. The second-order valence-corrected chi connectivity index (χ2v) is 7.67. The maximum Gasteiger partial charge on any atom is 0.344 e. The molecule has 0 saturated heterocycles. The second kappa shape index (κ2) is 9.67. The highest BCUT2D eigenvalue weighted by molar-refractivity contribution is 5.94. The number of ether oxygens (including phenoxy) is 1. The van der Waals surface area contributed by atoms with Crippen molar-refractivity contribution in [1.29, 1.82) is 0 Å². The predicted molar refractivity (Wildman–Crippen MR) is 111 cm³/mol. The first-order valence-electron chi connectivity index (χ1n) is 10.5. The summed E-state index contributed by atoms with van der Waals surface area (Å²) in [5.41, 5.74) is 0.822. The Morgan fingerprint density at radius 1 is 1.17 bits per heavy atom. The third kappa shape index (κ3) is 5.22. The van der Waals surface area contributed by atoms with Gasteiger partial charge in [-0.25, -0.2) is 9.78 Å². The van der Waals surface area contributed by atoms with Gasteiger partial charge in [-0.15, -0.1) is 0 Å². The molecule has 0 radical (unpaired) electrons. The van der Waals surface area contributed by atoms with Gasteiger partial charge >= 0.3 is 5.97 Å². The van der Waals surface area contributed by atoms with Crippen LogP contribution in [0.3, 0.4) is 0 Å². The van der Waals surface area contributed by atoms with E-state index in [1.54, 1.807) is 16.7 Å². The van der Waals surface area contributed by atoms with Gasteiger partial charge in [-0.2, -0.15) is 0 Å². The summed E-state index contributed by atoms with van der Waals surface area (Å²) in [6, 6.07) is 3.54. The van der Waals surface area contributed by atoms with Gasteiger partial charge in [0.25, 0.3) is 5.91 Å². The van der Waals surface area contributed by atoms with Crippen molar-refractivity contribution in [2.45, 2.75) is 71.4 Å². The smallest absolute Gasteiger partial charge is 0.344 e. The topological polar surface area (TPSA) is 90.3 Å². The molecule has 156 valence electrons. The molecule has 0 aliphatic heterocycles. The maximum absolute atomic E-state index is 12.7. The van der Waals surface area contributed by atoms with Gasteiger partial charge in [0.05, 0.1) is 5.39 Å². The van der Waals surface area contributed by atoms with Crippen molar-refractivity contribution in [1.82, 2.24) is 14.9 Å². The number of carbonyl (C=O) groups excluding carboxylic acids is 2. The van der Waals surface area contributed by atoms with Crippen LogP contribution in [-0.2, 0) is 16.1 Å². The molecule has 1 amide bonds. The Bertz CT molecular complexity index is 943. The summed E-state index contributed by atoms with van der Waals surface area (Å²) >= 11 is 0. The third-order valence-electron chi connectivity index (χ3n) is 5.43. The Morgan fingerprint density at radius 3 is 2.55 bits per heavy atom. The SMILES string of the molecule is CCn1cc(C(=O)OCC(=O)NC2CCCCCCC2)c(=O)c2ccc(C)nc21. The standard InChI is InChI=1S/C22H29N3O4/c1-3-25-13-18(20(27)17-12-11-15(2)23-21(17)25)22(28)29-14-19(26)24-16-9-7-5-4-6-8-10-16/h11-13,16H,3-10,14H2,1-2H3,(H,24,26). The van der Waals surface area contributed by atoms with Crippen LogP contribution in [0.25, 0.3) is 11.0 Å². The average Bonchev–Trinajstić information content (AvgIpc) is 2.68. The summed E-state index contributed by atoms with van der Waals surface area (Å²) in [7, 11) is 0. The van der Waals surface area contributed by atoms with Gasteiger partial charge in [-0.1, -0.05) is 32.1 Å². The van der Waals surface area contributed by atoms with E-state index in [2.05, 4.69) is 10.3 Å². The largest absolute Gasteiger partial charge is 0.452 e. The number of amides is 1. The molecule has 7 nitrogen and oxygen atoms in total. The predicted octanol–water partition coefficient (Wildman–Crippen LogP) is 3.11. The molecule has 2 aromatic rings. The molecular formula is C22H29N3O4. The molecule has 1 saturated carbocycles. The van der Waals surface area contributed by atoms with Crippen LogP contribution in [-0.4, -0.2) is 34.1 Å². The molecule has 2 aromatic heterocycles. The summed E-state index contributed by atoms with van der Waals surface area (Å²) in [5, 5.41) is 3.32. The monoisotopic (exact) mass is 399 g/mol. The van der Waals surface area contributed by atoms with Gasteiger partial charge < -0.3 is 14.6 Å². The third-order valence-corrected chi connectivity index (χ3v) is 5.43. The van der Waals surface area contributed by atoms with Gasteiger partial charge in [0, 0.05) is 24.5 Å². The molecule has 0 bridgehead atoms. The Hall–Kier alpha value is -2.70. The van der Waals surface area contributed by atoms with Gasteiger partial charge in [0.2, 0.25) is 5.43 Å². The summed E-state index contributed by atoms with van der Waals surface area (Å²) in [5.74, 6) is -1.11. The van der Waals surface area contributed by atoms with E-state index in [0.29, 0.717) is 17.6 Å². The van der Waals surface area contributed by atoms with Crippen molar-refractivity contribution in [3.05, 3.63) is 39.8 Å². The molecule has 0 unspecified atom stereocenters. The van der Waals surface area contributed by atoms with E-state index in [9.17, 15) is 14.4 Å². The van der Waals surface area contributed by atoms with Crippen LogP contribution in [0, 0.1) is 6.92 Å². The van der Waals surface area contributed by atoms with E-state index in [4.69, 9.17) is 4.74 Å². The lowest BCUT2D eigenvalue weighted by Gasteiger charge is -2.20. The number of fused-ring (bicyclic) bond motifs is 1. The first-order chi connectivity index (χ1) is 14.0. The van der Waals surface area contributed by atoms with Crippen LogP contribution in [0.2, 0.25) is 0 Å². The number of carbonyl (C=O) groups is 2. The number of pyridine rings is 2. The molecule has 1 fully saturated rings. The molecular weight excluding hydrogens is 370 g/mol. The molecule has 1 N–H and O–H groups in total. The first kappa shape index (κ1) is 21.0. The summed E-state index contributed by atoms with van der Waals surface area (Å²) in [6.07, 6.45) is 9.23. The fraction of sp³-hybridized carbons (Fsp3) is 0.545. The van der Waals surface area contributed by atoms with E-state index in [-0.39, 0.29) is 24.1 Å². The van der Waals surface area contributed by atoms with Gasteiger partial charge in [0.15, 0.2) is 6.61 Å². The second-order valence-electron chi connectivity index (χ2n) is 7.67. The quantitative estimate of drug-likeness (QED) is 0.780. The van der Waals surface area contributed by atoms with E-state index in [1.807, 2.05) is 13.8 Å². The Labute approximate surface area is 170 Å². The van der Waals surface area contributed by atoms with Crippen LogP contribution in [0.5, 0.6) is 0 Å². The lowest BCUT2D eigenvalue weighted by atomic mass is 9.97. The summed E-state index contributed by atoms with van der Waals surface area (Å²) < 4.78 is 6.90. The normalized spacial score (nSPS) is 15.5. The van der Waals surface area contributed by atoms with Crippen LogP contribution in [0.15, 0.2) is 23.1 Å². The maximum atomic E-state index is 12.7. The molecule has 29 heavy (non-hydrogen) atoms. The van der Waals surface area contributed by atoms with Crippen LogP contribution in [0.4, 0.5) is 0 Å². The van der Waals surface area contributed by atoms with Crippen LogP contribution in [0.1, 0.15) is 67.9 Å². The van der Waals surface area contributed by atoms with Crippen molar-refractivity contribution in [2.24, 2.45) is 0 Å². The lowest BCUT2D eigenvalue weighted by Crippen LogP contribution is -2.38. The lowest BCUT2D eigenvalue weighted by molar-refractivity contribution is -0.125. The van der Waals surface area contributed by atoms with Gasteiger partial charge in [0.1, 0.15) is 11.2 Å². The molecule has 1 aliphatic rings. The Balaban J connectivity index is 1.68. The van der Waals surface area contributed by atoms with Crippen LogP contribution >= 0.6 is 0 Å². The van der Waals surface area contributed by atoms with Crippen molar-refractivity contribution in [3.63, 3.8) is 0 Å². The zero-order valence-corrected chi connectivity index (χ0v) is 17.2. The number of aryl methyl sites for hydroxylation is 2. The highest BCUT2D eigenvalue weighted by Gasteiger charge is 2.20. The summed E-state index contributed by atoms with van der Waals surface area (Å²) in [4.78, 5) is 41.9. The fourth-order valence-electron chi connectivity index (χ4n) is 3.82. The molecule has 2 heterocycles. The molecule has 0 aromatic carbocycles. The number of hydrogen-bond donors (Lipinski definition) is 1. The van der Waals surface area contributed by atoms with Gasteiger partial charge in [-0.3, -0.25) is 9.59 Å². The van der Waals surface area contributed by atoms with E-state index >= 15 is 0 Å². The minimum atomic E-state index is -0.785. The molecule has 1 aliphatic carbocycles. The highest BCUT2D eigenvalue weighted by atomic mass is 16.5. The van der Waals surface area contributed by atoms with E-state index in [1.165, 1.54) is 25.5 Å². The zero-order valence-electron chi connectivity index (χ0n) is 17.2. The number of rotatable bonds is 5. The minimum absolute atomic E-state index is 0.0799. The Kier molecular flexibility index (Phi) is 7.01. The van der Waals surface area contributed by atoms with Gasteiger partial charge in [-0.05, 0) is 38.8 Å². The number of aromatic nitrogens is 2. The number of esters is 1. The number of nitrogens with one attached hydrogen (secondary N) is 1. The highest BCUT2D eigenvalue weighted by Crippen LogP contribution is 2.17. The van der Waals surface area contributed by atoms with E-state index in [0.717, 1.165) is 31.4 Å². The summed E-state index contributed by atoms with van der Waals surface area (Å²) in [6.45, 7) is 3.92. The van der Waals surface area contributed by atoms with Crippen molar-refractivity contribution >= 4 is 22.9 Å². The van der Waals surface area contributed by atoms with Crippen molar-refractivity contribution in [3.8, 4) is 0 Å². The fourth-order valence-corrected chi connectivity index (χ4v) is 3.82. The van der Waals surface area contributed by atoms with Crippen molar-refractivity contribution in [2.75, 3.05) is 6.61 Å². The number of hydrogen-bond acceptors (Lipinski definition) is 5. The average molecular weight is 399 g/mol. The van der Waals surface area contributed by atoms with Crippen molar-refractivity contribution < 1.29 is 14.3 Å².